The van der Waals surface area contributed by atoms with Crippen LogP contribution in [0.2, 0.25) is 0 Å². The maximum absolute atomic E-state index is 11.9. The van der Waals surface area contributed by atoms with Crippen molar-refractivity contribution in [1.29, 1.82) is 0 Å². The maximum Gasteiger partial charge on any atom is 0.325 e. The molecule has 3 N–H and O–H groups in total. The Labute approximate surface area is 147 Å². The normalized spacial score (nSPS) is 10.0. The first kappa shape index (κ1) is 17.7. The van der Waals surface area contributed by atoms with Crippen molar-refractivity contribution in [2.24, 2.45) is 5.73 Å². The highest BCUT2D eigenvalue weighted by molar-refractivity contribution is 9.10. The third-order valence-electron chi connectivity index (χ3n) is 3.11. The number of halogens is 1. The molecule has 0 unspecified atom stereocenters. The monoisotopic (exact) mass is 390 g/mol. The van der Waals surface area contributed by atoms with E-state index < -0.39 is 11.9 Å². The first-order chi connectivity index (χ1) is 11.5. The minimum absolute atomic E-state index is 0.00585. The van der Waals surface area contributed by atoms with Gasteiger partial charge >= 0.3 is 5.97 Å². The summed E-state index contributed by atoms with van der Waals surface area (Å²) >= 11 is 3.28. The van der Waals surface area contributed by atoms with Crippen LogP contribution in [0.25, 0.3) is 0 Å². The van der Waals surface area contributed by atoms with Crippen molar-refractivity contribution >= 4 is 33.7 Å². The average molecular weight is 391 g/mol. The molecule has 0 heterocycles. The first-order valence-corrected chi connectivity index (χ1v) is 7.83. The second kappa shape index (κ2) is 8.26. The van der Waals surface area contributed by atoms with Gasteiger partial charge in [0.2, 0.25) is 5.91 Å². The SMILES string of the molecule is NC(=O)c1cccc(COC(=O)CNC(=O)c2ccc(Br)cc2)c1. The Bertz CT molecular complexity index is 759. The molecule has 0 saturated carbocycles. The van der Waals surface area contributed by atoms with Crippen LogP contribution in [-0.2, 0) is 16.1 Å². The van der Waals surface area contributed by atoms with Crippen molar-refractivity contribution in [1.82, 2.24) is 5.32 Å². The highest BCUT2D eigenvalue weighted by atomic mass is 79.9. The fourth-order valence-corrected chi connectivity index (χ4v) is 2.15. The predicted octanol–water partition coefficient (Wildman–Crippen LogP) is 2.02. The van der Waals surface area contributed by atoms with E-state index in [-0.39, 0.29) is 19.1 Å². The number of amides is 2. The molecular formula is C17H15BrN2O4. The number of carbonyl (C=O) groups excluding carboxylic acids is 3. The molecule has 0 atom stereocenters. The van der Waals surface area contributed by atoms with Gasteiger partial charge in [0.15, 0.2) is 0 Å². The molecule has 0 spiro atoms. The molecule has 7 heteroatoms. The lowest BCUT2D eigenvalue weighted by atomic mass is 10.1. The number of primary amides is 1. The standard InChI is InChI=1S/C17H15BrN2O4/c18-14-6-4-12(5-7-14)17(23)20-9-15(21)24-10-11-2-1-3-13(8-11)16(19)22/h1-8H,9-10H2,(H2,19,22)(H,20,23). The average Bonchev–Trinajstić information content (AvgIpc) is 2.58. The first-order valence-electron chi connectivity index (χ1n) is 7.04. The smallest absolute Gasteiger partial charge is 0.325 e. The molecular weight excluding hydrogens is 376 g/mol. The molecule has 0 aliphatic carbocycles. The molecule has 6 nitrogen and oxygen atoms in total. The van der Waals surface area contributed by atoms with E-state index in [1.54, 1.807) is 48.5 Å². The van der Waals surface area contributed by atoms with E-state index in [2.05, 4.69) is 21.2 Å². The second-order valence-corrected chi connectivity index (χ2v) is 5.83. The van der Waals surface area contributed by atoms with Gasteiger partial charge in [-0.2, -0.15) is 0 Å². The number of ether oxygens (including phenoxy) is 1. The topological polar surface area (TPSA) is 98.5 Å². The molecule has 2 aromatic carbocycles. The second-order valence-electron chi connectivity index (χ2n) is 4.91. The number of benzene rings is 2. The Kier molecular flexibility index (Phi) is 6.08. The van der Waals surface area contributed by atoms with Crippen molar-refractivity contribution < 1.29 is 19.1 Å². The number of hydrogen-bond donors (Lipinski definition) is 2. The Morgan fingerprint density at radius 1 is 1.04 bits per heavy atom. The van der Waals surface area contributed by atoms with Gasteiger partial charge in [-0.25, -0.2) is 0 Å². The highest BCUT2D eigenvalue weighted by Gasteiger charge is 2.09. The lowest BCUT2D eigenvalue weighted by Gasteiger charge is -2.07. The summed E-state index contributed by atoms with van der Waals surface area (Å²) in [6, 6.07) is 13.2. The Hall–Kier alpha value is -2.67. The number of carbonyl (C=O) groups is 3. The minimum Gasteiger partial charge on any atom is -0.460 e. The van der Waals surface area contributed by atoms with Crippen LogP contribution in [0, 0.1) is 0 Å². The molecule has 24 heavy (non-hydrogen) atoms. The van der Waals surface area contributed by atoms with Gasteiger partial charge in [0.1, 0.15) is 13.2 Å². The molecule has 0 aliphatic heterocycles. The zero-order valence-electron chi connectivity index (χ0n) is 12.6. The molecule has 2 aromatic rings. The molecule has 0 fully saturated rings. The van der Waals surface area contributed by atoms with Crippen molar-refractivity contribution in [2.45, 2.75) is 6.61 Å². The zero-order valence-corrected chi connectivity index (χ0v) is 14.2. The summed E-state index contributed by atoms with van der Waals surface area (Å²) in [5, 5.41) is 2.48. The summed E-state index contributed by atoms with van der Waals surface area (Å²) < 4.78 is 5.91. The van der Waals surface area contributed by atoms with Crippen LogP contribution in [0.1, 0.15) is 26.3 Å². The minimum atomic E-state index is -0.579. The van der Waals surface area contributed by atoms with Crippen LogP contribution >= 0.6 is 15.9 Å². The van der Waals surface area contributed by atoms with Crippen molar-refractivity contribution in [2.75, 3.05) is 6.54 Å². The molecule has 2 amide bonds. The van der Waals surface area contributed by atoms with E-state index in [9.17, 15) is 14.4 Å². The largest absolute Gasteiger partial charge is 0.460 e. The van der Waals surface area contributed by atoms with E-state index >= 15 is 0 Å². The van der Waals surface area contributed by atoms with Crippen LogP contribution < -0.4 is 11.1 Å². The van der Waals surface area contributed by atoms with Crippen LogP contribution in [0.15, 0.2) is 53.0 Å². The highest BCUT2D eigenvalue weighted by Crippen LogP contribution is 2.10. The third kappa shape index (κ3) is 5.20. The van der Waals surface area contributed by atoms with Gasteiger partial charge in [-0.15, -0.1) is 0 Å². The van der Waals surface area contributed by atoms with Gasteiger partial charge in [0.05, 0.1) is 0 Å². The van der Waals surface area contributed by atoms with Crippen LogP contribution in [-0.4, -0.2) is 24.3 Å². The lowest BCUT2D eigenvalue weighted by molar-refractivity contribution is -0.143. The number of hydrogen-bond acceptors (Lipinski definition) is 4. The van der Waals surface area contributed by atoms with Gasteiger partial charge in [0, 0.05) is 15.6 Å². The van der Waals surface area contributed by atoms with Crippen molar-refractivity contribution in [3.63, 3.8) is 0 Å². The van der Waals surface area contributed by atoms with E-state index in [0.717, 1.165) is 4.47 Å². The summed E-state index contributed by atoms with van der Waals surface area (Å²) in [7, 11) is 0. The van der Waals surface area contributed by atoms with Gasteiger partial charge in [-0.3, -0.25) is 14.4 Å². The molecule has 0 saturated heterocycles. The maximum atomic E-state index is 11.9. The van der Waals surface area contributed by atoms with E-state index in [4.69, 9.17) is 10.5 Å². The van der Waals surface area contributed by atoms with Crippen LogP contribution in [0.3, 0.4) is 0 Å². The van der Waals surface area contributed by atoms with Crippen molar-refractivity contribution in [3.05, 3.63) is 69.7 Å². The summed E-state index contributed by atoms with van der Waals surface area (Å²) in [4.78, 5) is 34.6. The predicted molar refractivity (Wildman–Crippen MR) is 91.2 cm³/mol. The molecule has 124 valence electrons. The molecule has 0 aromatic heterocycles. The Morgan fingerprint density at radius 3 is 2.42 bits per heavy atom. The third-order valence-corrected chi connectivity index (χ3v) is 3.64. The van der Waals surface area contributed by atoms with Crippen LogP contribution in [0.5, 0.6) is 0 Å². The fraction of sp³-hybridized carbons (Fsp3) is 0.118. The number of rotatable bonds is 6. The number of esters is 1. The van der Waals surface area contributed by atoms with Gasteiger partial charge in [-0.05, 0) is 42.0 Å². The van der Waals surface area contributed by atoms with E-state index in [1.165, 1.54) is 0 Å². The number of nitrogens with two attached hydrogens (primary N) is 1. The molecule has 0 bridgehead atoms. The lowest BCUT2D eigenvalue weighted by Crippen LogP contribution is -2.30. The Balaban J connectivity index is 1.81. The number of nitrogens with one attached hydrogen (secondary N) is 1. The summed E-state index contributed by atoms with van der Waals surface area (Å²) in [5.41, 5.74) is 6.61. The molecule has 0 aliphatic rings. The summed E-state index contributed by atoms with van der Waals surface area (Å²) in [6.07, 6.45) is 0. The summed E-state index contributed by atoms with van der Waals surface area (Å²) in [6.45, 7) is -0.251. The van der Waals surface area contributed by atoms with Crippen LogP contribution in [0.4, 0.5) is 0 Å². The summed E-state index contributed by atoms with van der Waals surface area (Å²) in [5.74, 6) is -1.50. The Morgan fingerprint density at radius 2 is 1.75 bits per heavy atom. The van der Waals surface area contributed by atoms with E-state index in [1.807, 2.05) is 0 Å². The molecule has 0 radical (unpaired) electrons. The van der Waals surface area contributed by atoms with E-state index in [0.29, 0.717) is 16.7 Å². The zero-order chi connectivity index (χ0) is 17.5. The molecule has 2 rings (SSSR count). The quantitative estimate of drug-likeness (QED) is 0.737. The van der Waals surface area contributed by atoms with Gasteiger partial charge in [-0.1, -0.05) is 28.1 Å². The van der Waals surface area contributed by atoms with Crippen molar-refractivity contribution in [3.8, 4) is 0 Å². The van der Waals surface area contributed by atoms with Gasteiger partial charge in [0.25, 0.3) is 5.91 Å². The van der Waals surface area contributed by atoms with Gasteiger partial charge < -0.3 is 15.8 Å². The fourth-order valence-electron chi connectivity index (χ4n) is 1.89.